The number of carbonyl (C=O) groups excluding carboxylic acids is 10. The maximum absolute atomic E-state index is 14.9. The highest BCUT2D eigenvalue weighted by atomic mass is 16.5. The van der Waals surface area contributed by atoms with Gasteiger partial charge in [0.25, 0.3) is 11.8 Å². The third-order valence-corrected chi connectivity index (χ3v) is 25.3. The summed E-state index contributed by atoms with van der Waals surface area (Å²) in [4.78, 5) is 236. The molecule has 0 saturated carbocycles. The van der Waals surface area contributed by atoms with Crippen LogP contribution in [0.2, 0.25) is 0 Å². The monoisotopic (exact) mass is 2100 g/mol. The first-order valence-electron chi connectivity index (χ1n) is 49.6. The first-order valence-corrected chi connectivity index (χ1v) is 49.6. The second-order valence-corrected chi connectivity index (χ2v) is 37.0. The predicted molar refractivity (Wildman–Crippen MR) is 532 cm³/mol. The van der Waals surface area contributed by atoms with E-state index in [4.69, 9.17) is 9.47 Å². The van der Waals surface area contributed by atoms with Crippen LogP contribution < -0.4 is 42.5 Å². The van der Waals surface area contributed by atoms with E-state index in [1.807, 2.05) is 52.0 Å². The molecule has 3 fully saturated rings. The van der Waals surface area contributed by atoms with Crippen molar-refractivity contribution in [1.82, 2.24) is 111 Å². The predicted octanol–water partition coefficient (Wildman–Crippen LogP) is -0.582. The number of nitrogens with one attached hydrogen (secondary N) is 8. The summed E-state index contributed by atoms with van der Waals surface area (Å²) in [6.07, 6.45) is -5.62. The smallest absolute Gasteiger partial charge is 0.320 e. The molecule has 0 unspecified atom stereocenters. The number of benzene rings is 4. The SMILES string of the molecule is CCNC(=O)c1nnc(-c2cc(C(C)C)c(O)cc2O)n1-c1ccc(CN2CCN(C(=O)CC[C@H](NC(=O)CCNC(=O)[C@@H](CCC(=O)O)NC(=O)[C@@H](CCC(=O)O)NC(=O)[C@@H](CCC(=O)O)NC(=O)COCCOCCNC(=O)CC[C@H](C(=O)O)N3CCN(CC(=O)O)CCN(CC(=O)O)CCN(CC(=O)O)CC3)C(=O)N3CCN(Cc4ccc(-n5c(C(=O)NCC)nnc5-c5cc(C(C)C)c(O)cc5O)cc4)CC3)CC2)cc1. The van der Waals surface area contributed by atoms with Crippen molar-refractivity contribution < 1.29 is 147 Å². The van der Waals surface area contributed by atoms with Gasteiger partial charge in [-0.2, -0.15) is 0 Å². The molecular formula is C98H136N22O30. The maximum Gasteiger partial charge on any atom is 0.320 e. The van der Waals surface area contributed by atoms with E-state index in [1.165, 1.54) is 36.0 Å². The normalized spacial score (nSPS) is 15.4. The fraction of sp³-hybridized carbons (Fsp3) is 0.541. The Morgan fingerprint density at radius 2 is 0.753 bits per heavy atom. The molecule has 19 N–H and O–H groups in total. The molecule has 0 bridgehead atoms. The lowest BCUT2D eigenvalue weighted by Crippen LogP contribution is -2.57. The van der Waals surface area contributed by atoms with Crippen LogP contribution in [-0.2, 0) is 94.5 Å². The number of rotatable bonds is 56. The van der Waals surface area contributed by atoms with E-state index in [9.17, 15) is 138 Å². The van der Waals surface area contributed by atoms with Crippen molar-refractivity contribution in [1.29, 1.82) is 0 Å². The summed E-state index contributed by atoms with van der Waals surface area (Å²) in [5.41, 5.74) is 4.18. The summed E-state index contributed by atoms with van der Waals surface area (Å²) < 4.78 is 13.9. The lowest BCUT2D eigenvalue weighted by atomic mass is 9.98. The fourth-order valence-electron chi connectivity index (χ4n) is 17.3. The van der Waals surface area contributed by atoms with E-state index >= 15 is 0 Å². The average Bonchev–Trinajstić information content (AvgIpc) is 1.62. The van der Waals surface area contributed by atoms with Crippen LogP contribution in [0.25, 0.3) is 34.2 Å². The van der Waals surface area contributed by atoms with Gasteiger partial charge in [0.1, 0.15) is 59.8 Å². The molecule has 3 saturated heterocycles. The van der Waals surface area contributed by atoms with Crippen molar-refractivity contribution >= 4 is 101 Å². The van der Waals surface area contributed by atoms with E-state index in [1.54, 1.807) is 64.9 Å². The van der Waals surface area contributed by atoms with Crippen molar-refractivity contribution in [2.45, 2.75) is 167 Å². The standard InChI is InChI=1S/C98H136N22O30/c1-7-99-95(144)90-109-107-88(67-49-65(59(3)4)74(121)51-76(67)123)119(90)63-13-9-61(10-14-63)53-111-36-42-117(43-37-111)81(128)23-17-72(97(146)118-44-38-112(39-45-118)54-62-11-15-64(16-12-62)120-89(108-110-91(120)96(145)100-8-2)68-50-66(60(5)6)75(122)52-77(68)124)104-79(126)27-28-102-92(141)69(18-24-82(129)130)105-94(143)71(20-26-84(133)134)106-93(142)70(19-25-83(131)132)103-80(127)58-150-48-47-149-46-29-101-78(125)22-21-73(98(147)148)116-40-34-114(56-86(137)138)32-30-113(55-85(135)136)31-33-115(35-41-116)57-87(139)140/h9-16,49-52,59-60,69-73,121-124H,7-8,17-48,53-58H2,1-6H3,(H,99,144)(H,100,145)(H,101,125)(H,102,141)(H,103,127)(H,104,126)(H,105,143)(H,106,142)(H,129,130)(H,131,132)(H,133,134)(H,135,136)(H,137,138)(H,139,140)(H,147,148)/t69-,70-,71-,72+,73-/m1/s1. The van der Waals surface area contributed by atoms with Crippen LogP contribution in [0.3, 0.4) is 0 Å². The zero-order valence-corrected chi connectivity index (χ0v) is 84.7. The number of aromatic hydroxyl groups is 4. The van der Waals surface area contributed by atoms with Crippen LogP contribution in [-0.4, -0.2) is 433 Å². The molecule has 10 amide bonds. The lowest BCUT2D eigenvalue weighted by Gasteiger charge is -2.37. The summed E-state index contributed by atoms with van der Waals surface area (Å²) in [7, 11) is 0. The molecule has 5 atom stereocenters. The number of nitrogens with zero attached hydrogens (tertiary/aromatic N) is 14. The average molecular weight is 2100 g/mol. The Kier molecular flexibility index (Phi) is 46.4. The third-order valence-electron chi connectivity index (χ3n) is 25.3. The Morgan fingerprint density at radius 1 is 0.360 bits per heavy atom. The van der Waals surface area contributed by atoms with Gasteiger partial charge in [-0.15, -0.1) is 20.4 Å². The Bertz CT molecular complexity index is 5660. The number of carboxylic acids is 7. The van der Waals surface area contributed by atoms with Crippen LogP contribution in [0, 0.1) is 0 Å². The molecule has 3 aliphatic rings. The highest BCUT2D eigenvalue weighted by Gasteiger charge is 2.37. The molecule has 6 aromatic rings. The Balaban J connectivity index is 0.800. The van der Waals surface area contributed by atoms with Gasteiger partial charge < -0.3 is 118 Å². The van der Waals surface area contributed by atoms with Crippen LogP contribution >= 0.6 is 0 Å². The molecule has 52 heteroatoms. The van der Waals surface area contributed by atoms with Crippen molar-refractivity contribution in [3.05, 3.63) is 107 Å². The number of aromatic nitrogens is 6. The second-order valence-electron chi connectivity index (χ2n) is 37.0. The number of aliphatic carboxylic acids is 7. The number of carbonyl (C=O) groups is 17. The topological polar surface area (TPSA) is 715 Å². The van der Waals surface area contributed by atoms with Gasteiger partial charge in [0.2, 0.25) is 58.9 Å². The van der Waals surface area contributed by atoms with Gasteiger partial charge in [-0.25, -0.2) is 0 Å². The van der Waals surface area contributed by atoms with Crippen LogP contribution in [0.5, 0.6) is 23.0 Å². The fourth-order valence-corrected chi connectivity index (χ4v) is 17.3. The number of phenols is 4. The quantitative estimate of drug-likeness (QED) is 0.0212. The number of hydrogen-bond acceptors (Lipinski definition) is 33. The van der Waals surface area contributed by atoms with Crippen LogP contribution in [0.15, 0.2) is 72.8 Å². The second kappa shape index (κ2) is 58.7. The van der Waals surface area contributed by atoms with Gasteiger partial charge in [0, 0.05) is 206 Å². The summed E-state index contributed by atoms with van der Waals surface area (Å²) in [5, 5.41) is 149. The minimum absolute atomic E-state index is 0.0127. The first kappa shape index (κ1) is 119. The highest BCUT2D eigenvalue weighted by Crippen LogP contribution is 2.41. The van der Waals surface area contributed by atoms with E-state index in [-0.39, 0.29) is 219 Å². The first-order chi connectivity index (χ1) is 71.5. The number of amides is 10. The summed E-state index contributed by atoms with van der Waals surface area (Å²) >= 11 is 0. The summed E-state index contributed by atoms with van der Waals surface area (Å²) in [6, 6.07) is 12.2. The van der Waals surface area contributed by atoms with Gasteiger partial charge in [-0.1, -0.05) is 52.0 Å². The zero-order chi connectivity index (χ0) is 110. The molecule has 3 aliphatic heterocycles. The third kappa shape index (κ3) is 36.8. The highest BCUT2D eigenvalue weighted by molar-refractivity contribution is 5.97. The van der Waals surface area contributed by atoms with Gasteiger partial charge in [-0.05, 0) is 116 Å². The number of hydrogen-bond donors (Lipinski definition) is 19. The molecule has 2 aromatic heterocycles. The lowest BCUT2D eigenvalue weighted by molar-refractivity contribution is -0.145. The van der Waals surface area contributed by atoms with E-state index in [0.717, 1.165) is 11.1 Å². The molecule has 9 rings (SSSR count). The minimum atomic E-state index is -1.85. The van der Waals surface area contributed by atoms with Crippen molar-refractivity contribution in [3.8, 4) is 57.1 Å². The van der Waals surface area contributed by atoms with E-state index < -0.39 is 196 Å². The molecule has 0 aliphatic carbocycles. The van der Waals surface area contributed by atoms with Gasteiger partial charge >= 0.3 is 41.8 Å². The van der Waals surface area contributed by atoms with Crippen LogP contribution in [0.1, 0.15) is 167 Å². The molecule has 52 nitrogen and oxygen atoms in total. The van der Waals surface area contributed by atoms with Crippen LogP contribution in [0.4, 0.5) is 0 Å². The molecule has 150 heavy (non-hydrogen) atoms. The van der Waals surface area contributed by atoms with E-state index in [0.29, 0.717) is 68.3 Å². The number of piperazine rings is 2. The Hall–Kier alpha value is -15.0. The summed E-state index contributed by atoms with van der Waals surface area (Å²) in [6.45, 7) is 12.1. The van der Waals surface area contributed by atoms with Gasteiger partial charge in [-0.3, -0.25) is 120 Å². The van der Waals surface area contributed by atoms with Crippen molar-refractivity contribution in [3.63, 3.8) is 0 Å². The molecule has 0 spiro atoms. The largest absolute Gasteiger partial charge is 0.508 e. The molecule has 4 aromatic carbocycles. The Morgan fingerprint density at radius 3 is 1.17 bits per heavy atom. The number of ether oxygens (including phenoxy) is 2. The van der Waals surface area contributed by atoms with Gasteiger partial charge in [0.05, 0.1) is 50.6 Å². The number of carboxylic acid groups (broad SMARTS) is 7. The minimum Gasteiger partial charge on any atom is -0.508 e. The number of phenolic OH excluding ortho intramolecular Hbond substituents is 4. The molecule has 5 heterocycles. The molecule has 0 radical (unpaired) electrons. The summed E-state index contributed by atoms with van der Waals surface area (Å²) in [5.74, 6) is -17.8. The van der Waals surface area contributed by atoms with Crippen molar-refractivity contribution in [2.75, 3.05) is 177 Å². The maximum atomic E-state index is 14.9. The zero-order valence-electron chi connectivity index (χ0n) is 84.7. The van der Waals surface area contributed by atoms with E-state index in [2.05, 4.69) is 72.7 Å². The molecule has 818 valence electrons. The molecular weight excluding hydrogens is 1970 g/mol. The Labute approximate surface area is 863 Å². The van der Waals surface area contributed by atoms with Gasteiger partial charge in [0.15, 0.2) is 11.6 Å². The van der Waals surface area contributed by atoms with Crippen molar-refractivity contribution in [2.24, 2.45) is 0 Å².